The van der Waals surface area contributed by atoms with Gasteiger partial charge in [-0.3, -0.25) is 0 Å². The van der Waals surface area contributed by atoms with E-state index in [9.17, 15) is 12.8 Å². The van der Waals surface area contributed by atoms with E-state index < -0.39 is 23.7 Å². The van der Waals surface area contributed by atoms with Crippen molar-refractivity contribution in [2.75, 3.05) is 19.0 Å². The van der Waals surface area contributed by atoms with Gasteiger partial charge in [-0.05, 0) is 53.4 Å². The predicted molar refractivity (Wildman–Crippen MR) is 160 cm³/mol. The quantitative estimate of drug-likeness (QED) is 0.146. The zero-order valence-corrected chi connectivity index (χ0v) is 26.0. The number of benzene rings is 2. The maximum absolute atomic E-state index is 14.9. The summed E-state index contributed by atoms with van der Waals surface area (Å²) in [6.45, 7) is 11.1. The summed E-state index contributed by atoms with van der Waals surface area (Å²) in [5.41, 5.74) is 2.44. The van der Waals surface area contributed by atoms with Crippen LogP contribution in [0.2, 0.25) is 25.7 Å². The van der Waals surface area contributed by atoms with Gasteiger partial charge in [-0.1, -0.05) is 51.7 Å². The van der Waals surface area contributed by atoms with Crippen molar-refractivity contribution in [3.05, 3.63) is 72.2 Å². The first-order valence-electron chi connectivity index (χ1n) is 13.3. The monoisotopic (exact) mass is 597 g/mol. The number of hydrogen-bond acceptors (Lipinski definition) is 8. The van der Waals surface area contributed by atoms with Crippen LogP contribution < -0.4 is 10.1 Å². The van der Waals surface area contributed by atoms with Crippen LogP contribution in [0.25, 0.3) is 11.1 Å². The fourth-order valence-corrected chi connectivity index (χ4v) is 6.00. The van der Waals surface area contributed by atoms with Crippen LogP contribution in [0, 0.1) is 5.82 Å². The smallest absolute Gasteiger partial charge is 0.273 e. The zero-order chi connectivity index (χ0) is 29.8. The van der Waals surface area contributed by atoms with Crippen LogP contribution in [0.5, 0.6) is 5.88 Å². The Bertz CT molecular complexity index is 1610. The average Bonchev–Trinajstić information content (AvgIpc) is 3.35. The number of nitrogens with zero attached hydrogens (tertiary/aromatic N) is 4. The molecule has 0 bridgehead atoms. The standard InChI is InChI=1S/C29H36FN5O4SSi/c1-20(2)24-17-22(30)18-25(21-12-13-31-26(16-21)38-3)27(24)32-28-33-29(40(36,37)23-10-8-7-9-11-23)34-35(28)19-39-14-15-41(4,5)6/h7-13,16-18,20H,14-15,19H2,1-6H3,(H,32,33,34). The van der Waals surface area contributed by atoms with E-state index in [1.807, 2.05) is 13.8 Å². The molecule has 0 amide bonds. The minimum absolute atomic E-state index is 0.0132. The van der Waals surface area contributed by atoms with Gasteiger partial charge in [0.2, 0.25) is 21.7 Å². The lowest BCUT2D eigenvalue weighted by molar-refractivity contribution is 0.0792. The molecule has 41 heavy (non-hydrogen) atoms. The van der Waals surface area contributed by atoms with Gasteiger partial charge in [0.05, 0.1) is 17.7 Å². The highest BCUT2D eigenvalue weighted by Crippen LogP contribution is 2.38. The van der Waals surface area contributed by atoms with Gasteiger partial charge in [0.1, 0.15) is 12.5 Å². The molecule has 2 aromatic carbocycles. The van der Waals surface area contributed by atoms with Crippen molar-refractivity contribution in [3.63, 3.8) is 0 Å². The first kappa shape index (κ1) is 30.3. The van der Waals surface area contributed by atoms with E-state index in [1.165, 1.54) is 36.1 Å². The molecule has 0 spiro atoms. The minimum atomic E-state index is -4.01. The molecule has 0 aliphatic carbocycles. The maximum Gasteiger partial charge on any atom is 0.273 e. The predicted octanol–water partition coefficient (Wildman–Crippen LogP) is 6.50. The van der Waals surface area contributed by atoms with E-state index >= 15 is 0 Å². The Kier molecular flexibility index (Phi) is 9.25. The maximum atomic E-state index is 14.9. The number of ether oxygens (including phenoxy) is 2. The molecule has 0 fully saturated rings. The molecule has 0 aliphatic heterocycles. The van der Waals surface area contributed by atoms with E-state index in [-0.39, 0.29) is 28.6 Å². The van der Waals surface area contributed by atoms with Crippen molar-refractivity contribution >= 4 is 29.5 Å². The highest BCUT2D eigenvalue weighted by atomic mass is 32.2. The summed E-state index contributed by atoms with van der Waals surface area (Å²) in [4.78, 5) is 8.67. The SMILES string of the molecule is COc1cc(-c2cc(F)cc(C(C)C)c2Nc2nc(S(=O)(=O)c3ccccc3)nn2COCC[Si](C)(C)C)ccn1. The molecule has 0 radical (unpaired) electrons. The lowest BCUT2D eigenvalue weighted by Crippen LogP contribution is -2.22. The largest absolute Gasteiger partial charge is 0.481 e. The van der Waals surface area contributed by atoms with Gasteiger partial charge in [0, 0.05) is 32.5 Å². The number of sulfone groups is 1. The summed E-state index contributed by atoms with van der Waals surface area (Å²) in [7, 11) is -3.85. The molecule has 0 saturated carbocycles. The van der Waals surface area contributed by atoms with Gasteiger partial charge in [0.25, 0.3) is 5.16 Å². The Balaban J connectivity index is 1.82. The number of halogens is 1. The van der Waals surface area contributed by atoms with Crippen LogP contribution in [0.4, 0.5) is 16.0 Å². The van der Waals surface area contributed by atoms with Gasteiger partial charge >= 0.3 is 0 Å². The molecule has 9 nitrogen and oxygen atoms in total. The molecule has 218 valence electrons. The Labute approximate surface area is 241 Å². The second-order valence-corrected chi connectivity index (χ2v) is 18.6. The minimum Gasteiger partial charge on any atom is -0.481 e. The fourth-order valence-electron chi connectivity index (χ4n) is 4.10. The summed E-state index contributed by atoms with van der Waals surface area (Å²) in [6.07, 6.45) is 1.58. The Morgan fingerprint density at radius 1 is 1.07 bits per heavy atom. The third-order valence-corrected chi connectivity index (χ3v) is 9.65. The lowest BCUT2D eigenvalue weighted by Gasteiger charge is -2.20. The average molecular weight is 598 g/mol. The number of rotatable bonds is 12. The summed E-state index contributed by atoms with van der Waals surface area (Å²) in [5.74, 6) is 0.0448. The van der Waals surface area contributed by atoms with E-state index in [4.69, 9.17) is 9.47 Å². The van der Waals surface area contributed by atoms with Crippen LogP contribution in [0.1, 0.15) is 25.3 Å². The van der Waals surface area contributed by atoms with E-state index in [0.29, 0.717) is 34.9 Å². The van der Waals surface area contributed by atoms with Crippen LogP contribution in [0.3, 0.4) is 0 Å². The lowest BCUT2D eigenvalue weighted by atomic mass is 9.94. The molecule has 4 rings (SSSR count). The molecule has 2 heterocycles. The fraction of sp³-hybridized carbons (Fsp3) is 0.345. The van der Waals surface area contributed by atoms with Crippen LogP contribution in [-0.2, 0) is 21.3 Å². The third-order valence-electron chi connectivity index (χ3n) is 6.40. The van der Waals surface area contributed by atoms with Crippen molar-refractivity contribution in [1.29, 1.82) is 0 Å². The van der Waals surface area contributed by atoms with Gasteiger partial charge in [0.15, 0.2) is 0 Å². The summed E-state index contributed by atoms with van der Waals surface area (Å²) < 4.78 is 54.3. The summed E-state index contributed by atoms with van der Waals surface area (Å²) in [5, 5.41) is 7.27. The molecule has 0 saturated heterocycles. The number of aromatic nitrogens is 4. The van der Waals surface area contributed by atoms with E-state index in [1.54, 1.807) is 36.5 Å². The Morgan fingerprint density at radius 2 is 1.80 bits per heavy atom. The van der Waals surface area contributed by atoms with Crippen molar-refractivity contribution in [1.82, 2.24) is 19.7 Å². The molecule has 12 heteroatoms. The highest BCUT2D eigenvalue weighted by molar-refractivity contribution is 7.91. The molecular weight excluding hydrogens is 562 g/mol. The normalized spacial score (nSPS) is 12.1. The summed E-state index contributed by atoms with van der Waals surface area (Å²) in [6, 6.07) is 15.3. The number of hydrogen-bond donors (Lipinski definition) is 1. The van der Waals surface area contributed by atoms with Crippen molar-refractivity contribution in [2.45, 2.75) is 62.2 Å². The van der Waals surface area contributed by atoms with Crippen molar-refractivity contribution in [2.24, 2.45) is 0 Å². The van der Waals surface area contributed by atoms with E-state index in [0.717, 1.165) is 6.04 Å². The molecule has 0 atom stereocenters. The number of pyridine rings is 1. The molecule has 4 aromatic rings. The highest BCUT2D eigenvalue weighted by Gasteiger charge is 2.26. The third kappa shape index (κ3) is 7.37. The van der Waals surface area contributed by atoms with Crippen molar-refractivity contribution < 1.29 is 22.3 Å². The zero-order valence-electron chi connectivity index (χ0n) is 24.2. The van der Waals surface area contributed by atoms with Gasteiger partial charge in [-0.2, -0.15) is 4.98 Å². The van der Waals surface area contributed by atoms with Crippen LogP contribution in [-0.4, -0.2) is 50.0 Å². The first-order chi connectivity index (χ1) is 19.4. The van der Waals surface area contributed by atoms with Crippen LogP contribution >= 0.6 is 0 Å². The van der Waals surface area contributed by atoms with Gasteiger partial charge in [-0.15, -0.1) is 5.10 Å². The van der Waals surface area contributed by atoms with Crippen LogP contribution in [0.15, 0.2) is 70.8 Å². The molecule has 2 aromatic heterocycles. The summed E-state index contributed by atoms with van der Waals surface area (Å²) >= 11 is 0. The number of anilines is 2. The first-order valence-corrected chi connectivity index (χ1v) is 18.5. The molecule has 1 N–H and O–H groups in total. The van der Waals surface area contributed by atoms with Crippen molar-refractivity contribution in [3.8, 4) is 17.0 Å². The number of nitrogens with one attached hydrogen (secondary N) is 1. The van der Waals surface area contributed by atoms with Gasteiger partial charge in [-0.25, -0.2) is 22.5 Å². The number of methoxy groups -OCH3 is 1. The van der Waals surface area contributed by atoms with Gasteiger partial charge < -0.3 is 14.8 Å². The molecular formula is C29H36FN5O4SSi. The topological polar surface area (TPSA) is 108 Å². The van der Waals surface area contributed by atoms with E-state index in [2.05, 4.69) is 40.0 Å². The Morgan fingerprint density at radius 3 is 2.46 bits per heavy atom. The Hall–Kier alpha value is -3.61. The molecule has 0 aliphatic rings. The second kappa shape index (κ2) is 12.5. The molecule has 0 unspecified atom stereocenters. The second-order valence-electron chi connectivity index (χ2n) is 11.2.